The summed E-state index contributed by atoms with van der Waals surface area (Å²) in [6.45, 7) is 6.53. The number of methoxy groups -OCH3 is 1. The van der Waals surface area contributed by atoms with Gasteiger partial charge in [0.05, 0.1) is 12.0 Å². The number of ether oxygens (including phenoxy) is 1. The van der Waals surface area contributed by atoms with Crippen molar-refractivity contribution in [2.75, 3.05) is 32.1 Å². The Hall–Kier alpha value is -1.39. The summed E-state index contributed by atoms with van der Waals surface area (Å²) >= 11 is 0. The van der Waals surface area contributed by atoms with Gasteiger partial charge in [0.25, 0.3) is 0 Å². The summed E-state index contributed by atoms with van der Waals surface area (Å²) in [5.41, 5.74) is 1.73. The smallest absolute Gasteiger partial charge is 0.233 e. The van der Waals surface area contributed by atoms with Crippen LogP contribution in [0.1, 0.15) is 38.2 Å². The molecule has 4 heteroatoms. The Kier molecular flexibility index (Phi) is 5.37. The highest BCUT2D eigenvalue weighted by atomic mass is 16.5. The van der Waals surface area contributed by atoms with Gasteiger partial charge in [-0.3, -0.25) is 4.79 Å². The Balaban J connectivity index is 2.07. The number of hydrogen-bond donors (Lipinski definition) is 2. The van der Waals surface area contributed by atoms with Crippen LogP contribution >= 0.6 is 0 Å². The minimum Gasteiger partial charge on any atom is -0.384 e. The summed E-state index contributed by atoms with van der Waals surface area (Å²) in [6, 6.07) is 8.11. The summed E-state index contributed by atoms with van der Waals surface area (Å²) in [5, 5.41) is 6.36. The lowest BCUT2D eigenvalue weighted by Crippen LogP contribution is -2.47. The molecule has 1 aliphatic rings. The minimum atomic E-state index is -0.406. The number of benzene rings is 1. The van der Waals surface area contributed by atoms with Gasteiger partial charge in [0.1, 0.15) is 0 Å². The van der Waals surface area contributed by atoms with E-state index in [9.17, 15) is 4.79 Å². The lowest BCUT2D eigenvalue weighted by atomic mass is 9.78. The van der Waals surface area contributed by atoms with Gasteiger partial charge in [-0.1, -0.05) is 26.0 Å². The molecule has 0 bridgehead atoms. The zero-order chi connectivity index (χ0) is 15.3. The van der Waals surface area contributed by atoms with E-state index in [-0.39, 0.29) is 5.91 Å². The molecule has 0 spiro atoms. The summed E-state index contributed by atoms with van der Waals surface area (Å²) in [6.07, 6.45) is 1.63. The molecule has 0 saturated carbocycles. The second kappa shape index (κ2) is 7.05. The molecule has 0 atom stereocenters. The van der Waals surface area contributed by atoms with Gasteiger partial charge in [-0.25, -0.2) is 0 Å². The fourth-order valence-electron chi connectivity index (χ4n) is 2.83. The van der Waals surface area contributed by atoms with Gasteiger partial charge in [0, 0.05) is 12.8 Å². The van der Waals surface area contributed by atoms with E-state index in [0.29, 0.717) is 12.5 Å². The predicted octanol–water partition coefficient (Wildman–Crippen LogP) is 2.76. The Labute approximate surface area is 127 Å². The highest BCUT2D eigenvalue weighted by molar-refractivity contribution is 5.95. The van der Waals surface area contributed by atoms with E-state index in [4.69, 9.17) is 4.74 Å². The van der Waals surface area contributed by atoms with Crippen molar-refractivity contribution in [3.63, 3.8) is 0 Å². The van der Waals surface area contributed by atoms with E-state index in [1.165, 1.54) is 5.56 Å². The Morgan fingerprint density at radius 2 is 1.90 bits per heavy atom. The van der Waals surface area contributed by atoms with E-state index in [2.05, 4.69) is 36.6 Å². The molecule has 1 heterocycles. The summed E-state index contributed by atoms with van der Waals surface area (Å²) in [7, 11) is 1.66. The molecule has 1 saturated heterocycles. The number of nitrogens with one attached hydrogen (secondary N) is 2. The van der Waals surface area contributed by atoms with Gasteiger partial charge < -0.3 is 15.4 Å². The molecule has 1 aliphatic heterocycles. The molecule has 4 nitrogen and oxygen atoms in total. The molecule has 0 aromatic heterocycles. The maximum atomic E-state index is 12.7. The first kappa shape index (κ1) is 16.0. The van der Waals surface area contributed by atoms with Crippen molar-refractivity contribution >= 4 is 11.6 Å². The van der Waals surface area contributed by atoms with Crippen LogP contribution in [0, 0.1) is 5.41 Å². The first-order valence-electron chi connectivity index (χ1n) is 7.68. The van der Waals surface area contributed by atoms with Crippen LogP contribution in [-0.4, -0.2) is 32.7 Å². The molecule has 0 unspecified atom stereocenters. The first-order chi connectivity index (χ1) is 10.1. The van der Waals surface area contributed by atoms with E-state index >= 15 is 0 Å². The van der Waals surface area contributed by atoms with Crippen LogP contribution in [-0.2, 0) is 9.53 Å². The number of anilines is 1. The Morgan fingerprint density at radius 1 is 1.29 bits per heavy atom. The molecule has 116 valence electrons. The van der Waals surface area contributed by atoms with E-state index in [1.807, 2.05) is 12.1 Å². The van der Waals surface area contributed by atoms with Crippen molar-refractivity contribution in [3.05, 3.63) is 29.8 Å². The predicted molar refractivity (Wildman–Crippen MR) is 85.6 cm³/mol. The fourth-order valence-corrected chi connectivity index (χ4v) is 2.83. The van der Waals surface area contributed by atoms with Crippen LogP contribution in [0.2, 0.25) is 0 Å². The third kappa shape index (κ3) is 3.83. The summed E-state index contributed by atoms with van der Waals surface area (Å²) in [5.74, 6) is 0.571. The molecule has 21 heavy (non-hydrogen) atoms. The van der Waals surface area contributed by atoms with Crippen molar-refractivity contribution in [2.45, 2.75) is 32.6 Å². The second-order valence-corrected chi connectivity index (χ2v) is 6.19. The van der Waals surface area contributed by atoms with E-state index in [1.54, 1.807) is 7.11 Å². The third-order valence-corrected chi connectivity index (χ3v) is 4.30. The van der Waals surface area contributed by atoms with Crippen LogP contribution in [0.4, 0.5) is 5.69 Å². The van der Waals surface area contributed by atoms with Gasteiger partial charge in [-0.05, 0) is 49.5 Å². The van der Waals surface area contributed by atoms with Crippen LogP contribution in [0.3, 0.4) is 0 Å². The third-order valence-electron chi connectivity index (χ3n) is 4.30. The van der Waals surface area contributed by atoms with Crippen LogP contribution in [0.5, 0.6) is 0 Å². The topological polar surface area (TPSA) is 50.4 Å². The zero-order valence-corrected chi connectivity index (χ0v) is 13.2. The molecule has 0 aliphatic carbocycles. The Morgan fingerprint density at radius 3 is 2.43 bits per heavy atom. The minimum absolute atomic E-state index is 0.0724. The SMILES string of the molecule is COCC1(C(=O)Nc2ccc(C(C)C)cc2)CCNCC1. The number of amides is 1. The molecule has 1 aromatic rings. The van der Waals surface area contributed by atoms with Crippen LogP contribution in [0.25, 0.3) is 0 Å². The van der Waals surface area contributed by atoms with Gasteiger partial charge in [-0.15, -0.1) is 0 Å². The standard InChI is InChI=1S/C17H26N2O2/c1-13(2)14-4-6-15(7-5-14)19-16(20)17(12-21-3)8-10-18-11-9-17/h4-7,13,18H,8-12H2,1-3H3,(H,19,20). The highest BCUT2D eigenvalue weighted by Gasteiger charge is 2.39. The average molecular weight is 290 g/mol. The lowest BCUT2D eigenvalue weighted by Gasteiger charge is -2.35. The summed E-state index contributed by atoms with van der Waals surface area (Å²) in [4.78, 5) is 12.7. The largest absolute Gasteiger partial charge is 0.384 e. The van der Waals surface area contributed by atoms with E-state index in [0.717, 1.165) is 31.6 Å². The molecule has 2 N–H and O–H groups in total. The maximum absolute atomic E-state index is 12.7. The number of rotatable bonds is 5. The van der Waals surface area contributed by atoms with Gasteiger partial charge in [0.2, 0.25) is 5.91 Å². The molecule has 1 fully saturated rings. The quantitative estimate of drug-likeness (QED) is 0.876. The van der Waals surface area contributed by atoms with Gasteiger partial charge in [0.15, 0.2) is 0 Å². The Bertz CT molecular complexity index is 457. The molecule has 1 amide bonds. The normalized spacial score (nSPS) is 17.7. The molecule has 2 rings (SSSR count). The zero-order valence-electron chi connectivity index (χ0n) is 13.2. The van der Waals surface area contributed by atoms with Crippen molar-refractivity contribution < 1.29 is 9.53 Å². The molecular formula is C17H26N2O2. The van der Waals surface area contributed by atoms with Crippen molar-refractivity contribution in [1.29, 1.82) is 0 Å². The molecular weight excluding hydrogens is 264 g/mol. The first-order valence-corrected chi connectivity index (χ1v) is 7.68. The number of carbonyl (C=O) groups is 1. The molecule has 0 radical (unpaired) electrons. The van der Waals surface area contributed by atoms with E-state index < -0.39 is 5.41 Å². The average Bonchev–Trinajstić information content (AvgIpc) is 2.49. The number of piperidine rings is 1. The maximum Gasteiger partial charge on any atom is 0.233 e. The number of carbonyl (C=O) groups excluding carboxylic acids is 1. The monoisotopic (exact) mass is 290 g/mol. The second-order valence-electron chi connectivity index (χ2n) is 6.19. The van der Waals surface area contributed by atoms with Gasteiger partial charge >= 0.3 is 0 Å². The van der Waals surface area contributed by atoms with Crippen molar-refractivity contribution in [1.82, 2.24) is 5.32 Å². The van der Waals surface area contributed by atoms with Crippen LogP contribution < -0.4 is 10.6 Å². The van der Waals surface area contributed by atoms with Gasteiger partial charge in [-0.2, -0.15) is 0 Å². The van der Waals surface area contributed by atoms with Crippen molar-refractivity contribution in [2.24, 2.45) is 5.41 Å². The van der Waals surface area contributed by atoms with Crippen LogP contribution in [0.15, 0.2) is 24.3 Å². The highest BCUT2D eigenvalue weighted by Crippen LogP contribution is 2.31. The molecule has 1 aromatic carbocycles. The van der Waals surface area contributed by atoms with Crippen molar-refractivity contribution in [3.8, 4) is 0 Å². The lowest BCUT2D eigenvalue weighted by molar-refractivity contribution is -0.130. The summed E-state index contributed by atoms with van der Waals surface area (Å²) < 4.78 is 5.31. The fraction of sp³-hybridized carbons (Fsp3) is 0.588. The number of hydrogen-bond acceptors (Lipinski definition) is 3.